The summed E-state index contributed by atoms with van der Waals surface area (Å²) in [6.07, 6.45) is 4.10. The van der Waals surface area contributed by atoms with Gasteiger partial charge in [-0.15, -0.1) is 0 Å². The van der Waals surface area contributed by atoms with Gasteiger partial charge in [0.1, 0.15) is 6.23 Å². The fourth-order valence-electron chi connectivity index (χ4n) is 1.82. The highest BCUT2D eigenvalue weighted by molar-refractivity contribution is 4.67. The minimum Gasteiger partial charge on any atom is -0.354 e. The van der Waals surface area contributed by atoms with Gasteiger partial charge < -0.3 is 9.47 Å². The molecule has 1 fully saturated rings. The molecular formula is C11H23NO2. The molecule has 3 nitrogen and oxygen atoms in total. The first-order valence-electron chi connectivity index (χ1n) is 5.52. The van der Waals surface area contributed by atoms with Crippen molar-refractivity contribution in [1.82, 2.24) is 4.90 Å². The monoisotopic (exact) mass is 201 g/mol. The molecule has 3 heteroatoms. The summed E-state index contributed by atoms with van der Waals surface area (Å²) < 4.78 is 11.1. The number of hydrogen-bond acceptors (Lipinski definition) is 3. The minimum atomic E-state index is -0.475. The molecule has 0 saturated carbocycles. The third-order valence-corrected chi connectivity index (χ3v) is 2.85. The van der Waals surface area contributed by atoms with Crippen molar-refractivity contribution in [2.24, 2.45) is 0 Å². The topological polar surface area (TPSA) is 21.7 Å². The molecule has 1 heterocycles. The van der Waals surface area contributed by atoms with Gasteiger partial charge >= 0.3 is 0 Å². The molecular weight excluding hydrogens is 178 g/mol. The van der Waals surface area contributed by atoms with Gasteiger partial charge in [0.15, 0.2) is 5.79 Å². The zero-order valence-electron chi connectivity index (χ0n) is 9.88. The zero-order chi connectivity index (χ0) is 10.6. The van der Waals surface area contributed by atoms with Crippen LogP contribution in [-0.4, -0.2) is 37.1 Å². The van der Waals surface area contributed by atoms with E-state index in [4.69, 9.17) is 9.47 Å². The lowest BCUT2D eigenvalue weighted by Crippen LogP contribution is -2.44. The van der Waals surface area contributed by atoms with Crippen LogP contribution in [-0.2, 0) is 9.47 Å². The molecule has 0 amide bonds. The second-order valence-corrected chi connectivity index (χ2v) is 4.42. The second-order valence-electron chi connectivity index (χ2n) is 4.42. The summed E-state index contributed by atoms with van der Waals surface area (Å²) in [6, 6.07) is 0. The largest absolute Gasteiger partial charge is 0.354 e. The Kier molecular flexibility index (Phi) is 4.35. The van der Waals surface area contributed by atoms with E-state index in [-0.39, 0.29) is 6.23 Å². The predicted molar refractivity (Wildman–Crippen MR) is 57.1 cm³/mol. The van der Waals surface area contributed by atoms with Gasteiger partial charge in [0, 0.05) is 20.2 Å². The lowest BCUT2D eigenvalue weighted by atomic mass is 10.1. The molecule has 1 aliphatic heterocycles. The SMILES string of the molecule is COC(C)(C)OC(C)N1CCCCC1. The van der Waals surface area contributed by atoms with Crippen molar-refractivity contribution in [3.8, 4) is 0 Å². The first-order valence-corrected chi connectivity index (χ1v) is 5.52. The summed E-state index contributed by atoms with van der Waals surface area (Å²) in [5, 5.41) is 0. The summed E-state index contributed by atoms with van der Waals surface area (Å²) in [5.41, 5.74) is 0. The van der Waals surface area contributed by atoms with Gasteiger partial charge in [-0.05, 0) is 33.6 Å². The molecule has 0 N–H and O–H groups in total. The summed E-state index contributed by atoms with van der Waals surface area (Å²) in [7, 11) is 1.68. The third kappa shape index (κ3) is 3.56. The van der Waals surface area contributed by atoms with Crippen molar-refractivity contribution < 1.29 is 9.47 Å². The van der Waals surface area contributed by atoms with Gasteiger partial charge in [0.2, 0.25) is 0 Å². The Hall–Kier alpha value is -0.120. The molecule has 14 heavy (non-hydrogen) atoms. The van der Waals surface area contributed by atoms with Crippen LogP contribution in [0.5, 0.6) is 0 Å². The summed E-state index contributed by atoms with van der Waals surface area (Å²) in [6.45, 7) is 8.31. The van der Waals surface area contributed by atoms with E-state index in [2.05, 4.69) is 11.8 Å². The fraction of sp³-hybridized carbons (Fsp3) is 1.00. The summed E-state index contributed by atoms with van der Waals surface area (Å²) in [5.74, 6) is -0.475. The normalized spacial score (nSPS) is 22.3. The van der Waals surface area contributed by atoms with Crippen molar-refractivity contribution in [3.05, 3.63) is 0 Å². The minimum absolute atomic E-state index is 0.158. The molecule has 1 atom stereocenters. The van der Waals surface area contributed by atoms with Crippen LogP contribution < -0.4 is 0 Å². The first-order chi connectivity index (χ1) is 6.55. The smallest absolute Gasteiger partial charge is 0.164 e. The summed E-state index contributed by atoms with van der Waals surface area (Å²) in [4.78, 5) is 2.38. The molecule has 0 aliphatic carbocycles. The number of piperidine rings is 1. The zero-order valence-corrected chi connectivity index (χ0v) is 9.88. The van der Waals surface area contributed by atoms with E-state index in [9.17, 15) is 0 Å². The predicted octanol–water partition coefficient (Wildman–Crippen LogP) is 2.22. The maximum atomic E-state index is 5.83. The van der Waals surface area contributed by atoms with Crippen LogP contribution in [0, 0.1) is 0 Å². The van der Waals surface area contributed by atoms with Crippen molar-refractivity contribution in [3.63, 3.8) is 0 Å². The summed E-state index contributed by atoms with van der Waals surface area (Å²) >= 11 is 0. The Morgan fingerprint density at radius 3 is 2.21 bits per heavy atom. The van der Waals surface area contributed by atoms with Crippen LogP contribution in [0.3, 0.4) is 0 Å². The van der Waals surface area contributed by atoms with Gasteiger partial charge in [0.25, 0.3) is 0 Å². The van der Waals surface area contributed by atoms with E-state index in [1.165, 1.54) is 19.3 Å². The lowest BCUT2D eigenvalue weighted by Gasteiger charge is -2.36. The van der Waals surface area contributed by atoms with Crippen LogP contribution >= 0.6 is 0 Å². The van der Waals surface area contributed by atoms with E-state index in [1.807, 2.05) is 13.8 Å². The van der Waals surface area contributed by atoms with Crippen LogP contribution in [0.1, 0.15) is 40.0 Å². The highest BCUT2D eigenvalue weighted by Crippen LogP contribution is 2.18. The lowest BCUT2D eigenvalue weighted by molar-refractivity contribution is -0.250. The molecule has 1 aliphatic rings. The van der Waals surface area contributed by atoms with E-state index >= 15 is 0 Å². The Balaban J connectivity index is 2.36. The van der Waals surface area contributed by atoms with E-state index < -0.39 is 5.79 Å². The number of hydrogen-bond donors (Lipinski definition) is 0. The van der Waals surface area contributed by atoms with Crippen LogP contribution in [0.15, 0.2) is 0 Å². The quantitative estimate of drug-likeness (QED) is 0.651. The standard InChI is InChI=1S/C11H23NO2/c1-10(14-11(2,3)13-4)12-8-6-5-7-9-12/h10H,5-9H2,1-4H3. The molecule has 84 valence electrons. The number of ether oxygens (including phenoxy) is 2. The molecule has 0 bridgehead atoms. The van der Waals surface area contributed by atoms with E-state index in [0.29, 0.717) is 0 Å². The van der Waals surface area contributed by atoms with E-state index in [0.717, 1.165) is 13.1 Å². The van der Waals surface area contributed by atoms with Gasteiger partial charge in [-0.25, -0.2) is 0 Å². The average Bonchev–Trinajstić information content (AvgIpc) is 2.19. The van der Waals surface area contributed by atoms with Crippen molar-refractivity contribution in [1.29, 1.82) is 0 Å². The highest BCUT2D eigenvalue weighted by Gasteiger charge is 2.25. The second kappa shape index (κ2) is 5.10. The van der Waals surface area contributed by atoms with Crippen LogP contribution in [0.25, 0.3) is 0 Å². The number of methoxy groups -OCH3 is 1. The fourth-order valence-corrected chi connectivity index (χ4v) is 1.82. The van der Waals surface area contributed by atoms with Gasteiger partial charge in [0.05, 0.1) is 0 Å². The highest BCUT2D eigenvalue weighted by atomic mass is 16.7. The number of likely N-dealkylation sites (tertiary alicyclic amines) is 1. The van der Waals surface area contributed by atoms with Gasteiger partial charge in [-0.3, -0.25) is 4.90 Å². The Morgan fingerprint density at radius 2 is 1.71 bits per heavy atom. The Morgan fingerprint density at radius 1 is 1.14 bits per heavy atom. The maximum Gasteiger partial charge on any atom is 0.164 e. The molecule has 0 spiro atoms. The maximum absolute atomic E-state index is 5.83. The van der Waals surface area contributed by atoms with Crippen molar-refractivity contribution >= 4 is 0 Å². The van der Waals surface area contributed by atoms with Crippen LogP contribution in [0.4, 0.5) is 0 Å². The van der Waals surface area contributed by atoms with Crippen molar-refractivity contribution in [2.45, 2.75) is 52.0 Å². The van der Waals surface area contributed by atoms with Gasteiger partial charge in [-0.1, -0.05) is 6.42 Å². The molecule has 0 aromatic rings. The average molecular weight is 201 g/mol. The third-order valence-electron chi connectivity index (χ3n) is 2.85. The molecule has 0 aromatic heterocycles. The molecule has 0 aromatic carbocycles. The number of nitrogens with zero attached hydrogens (tertiary/aromatic N) is 1. The molecule has 0 radical (unpaired) electrons. The first kappa shape index (κ1) is 12.0. The van der Waals surface area contributed by atoms with Crippen molar-refractivity contribution in [2.75, 3.05) is 20.2 Å². The van der Waals surface area contributed by atoms with E-state index in [1.54, 1.807) is 7.11 Å². The van der Waals surface area contributed by atoms with Gasteiger partial charge in [-0.2, -0.15) is 0 Å². The number of rotatable bonds is 4. The van der Waals surface area contributed by atoms with Crippen LogP contribution in [0.2, 0.25) is 0 Å². The Bertz CT molecular complexity index is 165. The molecule has 1 saturated heterocycles. The molecule has 1 unspecified atom stereocenters. The Labute approximate surface area is 87.4 Å². The molecule has 1 rings (SSSR count).